The summed E-state index contributed by atoms with van der Waals surface area (Å²) in [5, 5.41) is 14.7. The fourth-order valence-electron chi connectivity index (χ4n) is 2.37. The molecule has 0 aliphatic rings. The molecule has 1 aromatic heterocycles. The van der Waals surface area contributed by atoms with E-state index in [0.717, 1.165) is 17.8 Å². The number of benzene rings is 2. The van der Waals surface area contributed by atoms with Gasteiger partial charge in [0.05, 0.1) is 17.2 Å². The predicted octanol–water partition coefficient (Wildman–Crippen LogP) is 5.16. The Morgan fingerprint density at radius 2 is 1.67 bits per heavy atom. The van der Waals surface area contributed by atoms with Crippen molar-refractivity contribution in [2.75, 3.05) is 10.6 Å². The minimum absolute atomic E-state index is 0.172. The molecule has 27 heavy (non-hydrogen) atoms. The molecule has 2 aromatic carbocycles. The van der Waals surface area contributed by atoms with Crippen molar-refractivity contribution in [1.82, 2.24) is 9.97 Å². The Morgan fingerprint density at radius 1 is 0.926 bits per heavy atom. The summed E-state index contributed by atoms with van der Waals surface area (Å²) in [6.07, 6.45) is -4.42. The molecule has 8 heteroatoms. The van der Waals surface area contributed by atoms with E-state index in [9.17, 15) is 13.2 Å². The first kappa shape index (κ1) is 18.2. The van der Waals surface area contributed by atoms with Gasteiger partial charge in [0.25, 0.3) is 0 Å². The van der Waals surface area contributed by atoms with Crippen LogP contribution in [0.15, 0.2) is 54.6 Å². The van der Waals surface area contributed by atoms with Crippen molar-refractivity contribution in [3.05, 3.63) is 71.4 Å². The van der Waals surface area contributed by atoms with E-state index >= 15 is 0 Å². The third-order valence-corrected chi connectivity index (χ3v) is 3.59. The van der Waals surface area contributed by atoms with E-state index in [-0.39, 0.29) is 11.6 Å². The number of rotatable bonds is 4. The van der Waals surface area contributed by atoms with Crippen molar-refractivity contribution in [2.45, 2.75) is 13.1 Å². The number of aromatic nitrogens is 2. The van der Waals surface area contributed by atoms with Gasteiger partial charge in [0.2, 0.25) is 5.95 Å². The first-order valence-electron chi connectivity index (χ1n) is 7.91. The quantitative estimate of drug-likeness (QED) is 0.664. The van der Waals surface area contributed by atoms with Crippen molar-refractivity contribution in [3.8, 4) is 6.07 Å². The third-order valence-electron chi connectivity index (χ3n) is 3.59. The highest BCUT2D eigenvalue weighted by Gasteiger charge is 2.30. The molecule has 0 amide bonds. The van der Waals surface area contributed by atoms with Gasteiger partial charge in [-0.15, -0.1) is 0 Å². The van der Waals surface area contributed by atoms with Gasteiger partial charge in [0.1, 0.15) is 5.82 Å². The number of halogens is 3. The summed E-state index contributed by atoms with van der Waals surface area (Å²) in [6, 6.07) is 15.4. The van der Waals surface area contributed by atoms with Crippen LogP contribution in [-0.4, -0.2) is 9.97 Å². The molecule has 0 spiro atoms. The zero-order valence-electron chi connectivity index (χ0n) is 14.2. The van der Waals surface area contributed by atoms with Crippen LogP contribution in [0.25, 0.3) is 0 Å². The fraction of sp³-hybridized carbons (Fsp3) is 0.105. The van der Waals surface area contributed by atoms with Crippen molar-refractivity contribution >= 4 is 23.1 Å². The standard InChI is InChI=1S/C19H14F3N5/c1-12-9-17(25-15-7-5-13(11-23)6-8-15)27-18(24-12)26-16-4-2-3-14(10-16)19(20,21)22/h2-10H,1H3,(H2,24,25,26,27). The third kappa shape index (κ3) is 4.73. The van der Waals surface area contributed by atoms with E-state index in [1.54, 1.807) is 37.3 Å². The average Bonchev–Trinajstić information content (AvgIpc) is 2.61. The predicted molar refractivity (Wildman–Crippen MR) is 95.9 cm³/mol. The molecule has 3 rings (SSSR count). The topological polar surface area (TPSA) is 73.6 Å². The van der Waals surface area contributed by atoms with Gasteiger partial charge in [-0.3, -0.25) is 0 Å². The van der Waals surface area contributed by atoms with Crippen LogP contribution in [0.5, 0.6) is 0 Å². The molecule has 0 radical (unpaired) electrons. The molecule has 0 unspecified atom stereocenters. The summed E-state index contributed by atoms with van der Waals surface area (Å²) in [4.78, 5) is 8.48. The lowest BCUT2D eigenvalue weighted by atomic mass is 10.2. The van der Waals surface area contributed by atoms with E-state index in [1.807, 2.05) is 6.07 Å². The number of alkyl halides is 3. The molecule has 3 aromatic rings. The fourth-order valence-corrected chi connectivity index (χ4v) is 2.37. The van der Waals surface area contributed by atoms with Crippen LogP contribution in [-0.2, 0) is 6.18 Å². The van der Waals surface area contributed by atoms with E-state index < -0.39 is 11.7 Å². The maximum Gasteiger partial charge on any atom is 0.416 e. The molecular weight excluding hydrogens is 355 g/mol. The van der Waals surface area contributed by atoms with Crippen LogP contribution in [0.3, 0.4) is 0 Å². The van der Waals surface area contributed by atoms with Crippen LogP contribution >= 0.6 is 0 Å². The molecule has 0 fully saturated rings. The Kier molecular flexibility index (Phi) is 4.94. The van der Waals surface area contributed by atoms with E-state index in [1.165, 1.54) is 12.1 Å². The highest BCUT2D eigenvalue weighted by Crippen LogP contribution is 2.31. The number of anilines is 4. The second-order valence-electron chi connectivity index (χ2n) is 5.74. The van der Waals surface area contributed by atoms with Gasteiger partial charge in [-0.1, -0.05) is 6.07 Å². The summed E-state index contributed by atoms with van der Waals surface area (Å²) in [6.45, 7) is 1.75. The molecule has 0 bridgehead atoms. The van der Waals surface area contributed by atoms with Crippen LogP contribution in [0, 0.1) is 18.3 Å². The van der Waals surface area contributed by atoms with E-state index in [4.69, 9.17) is 5.26 Å². The number of aryl methyl sites for hydroxylation is 1. The Morgan fingerprint density at radius 3 is 2.33 bits per heavy atom. The van der Waals surface area contributed by atoms with E-state index in [0.29, 0.717) is 17.1 Å². The summed E-state index contributed by atoms with van der Waals surface area (Å²) in [7, 11) is 0. The second-order valence-corrected chi connectivity index (χ2v) is 5.74. The van der Waals surface area contributed by atoms with Gasteiger partial charge in [-0.05, 0) is 49.4 Å². The summed E-state index contributed by atoms with van der Waals surface area (Å²) in [5.74, 6) is 0.646. The Hall–Kier alpha value is -3.60. The zero-order chi connectivity index (χ0) is 19.4. The van der Waals surface area contributed by atoms with Crippen molar-refractivity contribution < 1.29 is 13.2 Å². The largest absolute Gasteiger partial charge is 0.416 e. The Balaban J connectivity index is 1.82. The van der Waals surface area contributed by atoms with Crippen LogP contribution in [0.4, 0.5) is 36.3 Å². The summed E-state index contributed by atoms with van der Waals surface area (Å²) >= 11 is 0. The molecule has 0 aliphatic heterocycles. The highest BCUT2D eigenvalue weighted by atomic mass is 19.4. The minimum atomic E-state index is -4.42. The SMILES string of the molecule is Cc1cc(Nc2ccc(C#N)cc2)nc(Nc2cccc(C(F)(F)F)c2)n1. The van der Waals surface area contributed by atoms with Crippen molar-refractivity contribution in [2.24, 2.45) is 0 Å². The first-order valence-corrected chi connectivity index (χ1v) is 7.91. The smallest absolute Gasteiger partial charge is 0.340 e. The van der Waals surface area contributed by atoms with Crippen LogP contribution < -0.4 is 10.6 Å². The number of hydrogen-bond donors (Lipinski definition) is 2. The second kappa shape index (κ2) is 7.33. The van der Waals surface area contributed by atoms with Gasteiger partial charge in [-0.2, -0.15) is 23.4 Å². The minimum Gasteiger partial charge on any atom is -0.340 e. The maximum atomic E-state index is 12.8. The van der Waals surface area contributed by atoms with Gasteiger partial charge >= 0.3 is 6.18 Å². The van der Waals surface area contributed by atoms with Crippen molar-refractivity contribution in [3.63, 3.8) is 0 Å². The number of nitriles is 1. The summed E-state index contributed by atoms with van der Waals surface area (Å²) < 4.78 is 38.5. The zero-order valence-corrected chi connectivity index (χ0v) is 14.2. The van der Waals surface area contributed by atoms with Gasteiger partial charge in [0.15, 0.2) is 0 Å². The number of hydrogen-bond acceptors (Lipinski definition) is 5. The van der Waals surface area contributed by atoms with Gasteiger partial charge in [-0.25, -0.2) is 4.98 Å². The van der Waals surface area contributed by atoms with Crippen molar-refractivity contribution in [1.29, 1.82) is 5.26 Å². The van der Waals surface area contributed by atoms with Crippen LogP contribution in [0.1, 0.15) is 16.8 Å². The van der Waals surface area contributed by atoms with Crippen LogP contribution in [0.2, 0.25) is 0 Å². The average molecular weight is 369 g/mol. The lowest BCUT2D eigenvalue weighted by Crippen LogP contribution is -2.06. The Labute approximate surface area is 153 Å². The number of nitrogens with zero attached hydrogens (tertiary/aromatic N) is 3. The monoisotopic (exact) mass is 369 g/mol. The molecular formula is C19H14F3N5. The molecule has 0 atom stereocenters. The molecule has 5 nitrogen and oxygen atoms in total. The summed E-state index contributed by atoms with van der Waals surface area (Å²) in [5.41, 5.74) is 1.37. The van der Waals surface area contributed by atoms with E-state index in [2.05, 4.69) is 20.6 Å². The lowest BCUT2D eigenvalue weighted by Gasteiger charge is -2.12. The Bertz CT molecular complexity index is 991. The lowest BCUT2D eigenvalue weighted by molar-refractivity contribution is -0.137. The van der Waals surface area contributed by atoms with Gasteiger partial charge < -0.3 is 10.6 Å². The first-order chi connectivity index (χ1) is 12.8. The molecule has 0 saturated carbocycles. The van der Waals surface area contributed by atoms with Gasteiger partial charge in [0, 0.05) is 23.1 Å². The molecule has 0 saturated heterocycles. The molecule has 2 N–H and O–H groups in total. The maximum absolute atomic E-state index is 12.8. The highest BCUT2D eigenvalue weighted by molar-refractivity contribution is 5.61. The normalized spacial score (nSPS) is 10.9. The number of nitrogens with one attached hydrogen (secondary N) is 2. The molecule has 136 valence electrons. The molecule has 0 aliphatic carbocycles. The molecule has 1 heterocycles.